The molecule has 0 radical (unpaired) electrons. The van der Waals surface area contributed by atoms with Gasteiger partial charge in [0.25, 0.3) is 0 Å². The molecule has 1 aliphatic rings. The maximum Gasteiger partial charge on any atom is 0.127 e. The quantitative estimate of drug-likeness (QED) is 0.894. The molecule has 0 atom stereocenters. The lowest BCUT2D eigenvalue weighted by Crippen LogP contribution is -2.15. The Balaban J connectivity index is 1.66. The second-order valence-electron chi connectivity index (χ2n) is 4.97. The Morgan fingerprint density at radius 1 is 1.05 bits per heavy atom. The van der Waals surface area contributed by atoms with E-state index < -0.39 is 5.82 Å². The molecule has 0 spiro atoms. The predicted octanol–water partition coefficient (Wildman–Crippen LogP) is 3.22. The summed E-state index contributed by atoms with van der Waals surface area (Å²) in [4.78, 5) is 0. The molecule has 3 rings (SSSR count). The van der Waals surface area contributed by atoms with Crippen LogP contribution < -0.4 is 10.6 Å². The maximum atomic E-state index is 13.5. The van der Waals surface area contributed by atoms with Gasteiger partial charge in [-0.3, -0.25) is 0 Å². The fourth-order valence-corrected chi connectivity index (χ4v) is 2.57. The molecular formula is C16H16F2N2. The maximum absolute atomic E-state index is 13.5. The van der Waals surface area contributed by atoms with Crippen molar-refractivity contribution in [3.8, 4) is 0 Å². The average Bonchev–Trinajstić information content (AvgIpc) is 2.92. The average molecular weight is 274 g/mol. The van der Waals surface area contributed by atoms with Crippen molar-refractivity contribution in [3.05, 3.63) is 64.7 Å². The normalized spacial score (nSPS) is 13.1. The Bertz CT molecular complexity index is 626. The first-order valence-corrected chi connectivity index (χ1v) is 6.73. The van der Waals surface area contributed by atoms with Gasteiger partial charge in [-0.25, -0.2) is 8.78 Å². The molecule has 0 saturated heterocycles. The van der Waals surface area contributed by atoms with Crippen molar-refractivity contribution in [1.29, 1.82) is 0 Å². The number of anilines is 1. The van der Waals surface area contributed by atoms with E-state index in [1.165, 1.54) is 17.3 Å². The molecule has 0 bridgehead atoms. The van der Waals surface area contributed by atoms with Gasteiger partial charge in [0.2, 0.25) is 0 Å². The number of benzene rings is 2. The second-order valence-corrected chi connectivity index (χ2v) is 4.97. The summed E-state index contributed by atoms with van der Waals surface area (Å²) < 4.78 is 26.6. The fraction of sp³-hybridized carbons (Fsp3) is 0.250. The Hall–Kier alpha value is -1.94. The molecular weight excluding hydrogens is 258 g/mol. The van der Waals surface area contributed by atoms with Crippen molar-refractivity contribution in [3.63, 3.8) is 0 Å². The number of hydrogen-bond acceptors (Lipinski definition) is 2. The molecule has 2 aromatic carbocycles. The van der Waals surface area contributed by atoms with Gasteiger partial charge in [0.15, 0.2) is 0 Å². The fourth-order valence-electron chi connectivity index (χ4n) is 2.57. The highest BCUT2D eigenvalue weighted by atomic mass is 19.1. The Morgan fingerprint density at radius 3 is 2.80 bits per heavy atom. The van der Waals surface area contributed by atoms with Crippen molar-refractivity contribution < 1.29 is 8.78 Å². The SMILES string of the molecule is Fc1ccc(F)c(CNCc2cccc3c2NCC3)c1. The van der Waals surface area contributed by atoms with E-state index in [1.54, 1.807) is 0 Å². The van der Waals surface area contributed by atoms with E-state index in [9.17, 15) is 8.78 Å². The first-order valence-electron chi connectivity index (χ1n) is 6.73. The van der Waals surface area contributed by atoms with Crippen molar-refractivity contribution in [1.82, 2.24) is 5.32 Å². The van der Waals surface area contributed by atoms with Crippen LogP contribution in [0.4, 0.5) is 14.5 Å². The minimum atomic E-state index is -0.412. The largest absolute Gasteiger partial charge is 0.384 e. The Morgan fingerprint density at radius 2 is 1.90 bits per heavy atom. The van der Waals surface area contributed by atoms with Crippen LogP contribution in [0.1, 0.15) is 16.7 Å². The van der Waals surface area contributed by atoms with Crippen molar-refractivity contribution >= 4 is 5.69 Å². The van der Waals surface area contributed by atoms with Gasteiger partial charge in [0.1, 0.15) is 11.6 Å². The van der Waals surface area contributed by atoms with Crippen LogP contribution in [-0.4, -0.2) is 6.54 Å². The monoisotopic (exact) mass is 274 g/mol. The summed E-state index contributed by atoms with van der Waals surface area (Å²) in [6.07, 6.45) is 1.04. The van der Waals surface area contributed by atoms with Crippen LogP contribution in [0.2, 0.25) is 0 Å². The molecule has 0 unspecified atom stereocenters. The summed E-state index contributed by atoms with van der Waals surface area (Å²) in [6.45, 7) is 1.91. The van der Waals surface area contributed by atoms with Gasteiger partial charge in [-0.2, -0.15) is 0 Å². The highest BCUT2D eigenvalue weighted by Crippen LogP contribution is 2.26. The van der Waals surface area contributed by atoms with Crippen molar-refractivity contribution in [2.24, 2.45) is 0 Å². The summed E-state index contributed by atoms with van der Waals surface area (Å²) in [7, 11) is 0. The second kappa shape index (κ2) is 5.59. The third-order valence-electron chi connectivity index (χ3n) is 3.57. The van der Waals surface area contributed by atoms with E-state index >= 15 is 0 Å². The van der Waals surface area contributed by atoms with Crippen LogP contribution in [0.5, 0.6) is 0 Å². The third kappa shape index (κ3) is 2.65. The predicted molar refractivity (Wildman–Crippen MR) is 75.5 cm³/mol. The molecule has 0 saturated carbocycles. The van der Waals surface area contributed by atoms with Gasteiger partial charge < -0.3 is 10.6 Å². The van der Waals surface area contributed by atoms with Crippen LogP contribution in [0.15, 0.2) is 36.4 Å². The molecule has 2 N–H and O–H groups in total. The van der Waals surface area contributed by atoms with Gasteiger partial charge in [0.05, 0.1) is 0 Å². The smallest absolute Gasteiger partial charge is 0.127 e. The van der Waals surface area contributed by atoms with Gasteiger partial charge in [0, 0.05) is 30.9 Å². The molecule has 4 heteroatoms. The first-order chi connectivity index (χ1) is 9.74. The van der Waals surface area contributed by atoms with Gasteiger partial charge in [-0.15, -0.1) is 0 Å². The van der Waals surface area contributed by atoms with Gasteiger partial charge in [-0.05, 0) is 35.7 Å². The molecule has 2 aromatic rings. The molecule has 1 aliphatic heterocycles. The number of halogens is 2. The topological polar surface area (TPSA) is 24.1 Å². The highest BCUT2D eigenvalue weighted by Gasteiger charge is 2.13. The highest BCUT2D eigenvalue weighted by molar-refractivity contribution is 5.61. The zero-order chi connectivity index (χ0) is 13.9. The molecule has 20 heavy (non-hydrogen) atoms. The van der Waals surface area contributed by atoms with E-state index in [0.29, 0.717) is 18.7 Å². The van der Waals surface area contributed by atoms with Crippen LogP contribution in [-0.2, 0) is 19.5 Å². The van der Waals surface area contributed by atoms with E-state index in [0.717, 1.165) is 30.7 Å². The summed E-state index contributed by atoms with van der Waals surface area (Å²) in [5, 5.41) is 6.53. The molecule has 0 aromatic heterocycles. The zero-order valence-electron chi connectivity index (χ0n) is 11.0. The molecule has 0 aliphatic carbocycles. The van der Waals surface area contributed by atoms with Crippen molar-refractivity contribution in [2.75, 3.05) is 11.9 Å². The molecule has 0 fully saturated rings. The summed E-state index contributed by atoms with van der Waals surface area (Å²) in [5.41, 5.74) is 4.02. The Kier molecular flexibility index (Phi) is 3.65. The molecule has 104 valence electrons. The number of rotatable bonds is 4. The van der Waals surface area contributed by atoms with E-state index in [4.69, 9.17) is 0 Å². The minimum Gasteiger partial charge on any atom is -0.384 e. The number of para-hydroxylation sites is 1. The van der Waals surface area contributed by atoms with Crippen molar-refractivity contribution in [2.45, 2.75) is 19.5 Å². The minimum absolute atomic E-state index is 0.313. The lowest BCUT2D eigenvalue weighted by Gasteiger charge is -2.10. The summed E-state index contributed by atoms with van der Waals surface area (Å²) >= 11 is 0. The molecule has 2 nitrogen and oxygen atoms in total. The summed E-state index contributed by atoms with van der Waals surface area (Å²) in [6, 6.07) is 9.72. The molecule has 1 heterocycles. The first kappa shape index (κ1) is 13.1. The van der Waals surface area contributed by atoms with E-state index in [-0.39, 0.29) is 5.82 Å². The zero-order valence-corrected chi connectivity index (χ0v) is 11.0. The van der Waals surface area contributed by atoms with Crippen LogP contribution >= 0.6 is 0 Å². The lowest BCUT2D eigenvalue weighted by molar-refractivity contribution is 0.569. The number of hydrogen-bond donors (Lipinski definition) is 2. The number of fused-ring (bicyclic) bond motifs is 1. The summed E-state index contributed by atoms with van der Waals surface area (Å²) in [5.74, 6) is -0.791. The standard InChI is InChI=1S/C16H16F2N2/c17-14-4-5-15(18)13(8-14)10-19-9-12-3-1-2-11-6-7-20-16(11)12/h1-5,8,19-20H,6-7,9-10H2. The van der Waals surface area contributed by atoms with Gasteiger partial charge in [-0.1, -0.05) is 18.2 Å². The van der Waals surface area contributed by atoms with Gasteiger partial charge >= 0.3 is 0 Å². The Labute approximate surface area is 116 Å². The van der Waals surface area contributed by atoms with Crippen LogP contribution in [0, 0.1) is 11.6 Å². The third-order valence-corrected chi connectivity index (χ3v) is 3.57. The van der Waals surface area contributed by atoms with Crippen LogP contribution in [0.3, 0.4) is 0 Å². The van der Waals surface area contributed by atoms with E-state index in [2.05, 4.69) is 16.7 Å². The molecule has 0 amide bonds. The lowest BCUT2D eigenvalue weighted by atomic mass is 10.1. The number of nitrogens with one attached hydrogen (secondary N) is 2. The van der Waals surface area contributed by atoms with E-state index in [1.807, 2.05) is 12.1 Å². The van der Waals surface area contributed by atoms with Crippen LogP contribution in [0.25, 0.3) is 0 Å².